The van der Waals surface area contributed by atoms with Crippen LogP contribution in [0.3, 0.4) is 0 Å². The molecule has 0 bridgehead atoms. The maximum Gasteiger partial charge on any atom is 0.0521 e. The van der Waals surface area contributed by atoms with Crippen molar-refractivity contribution in [3.63, 3.8) is 0 Å². The zero-order valence-electron chi connectivity index (χ0n) is 13.6. The van der Waals surface area contributed by atoms with Gasteiger partial charge in [0.05, 0.1) is 6.54 Å². The van der Waals surface area contributed by atoms with Crippen LogP contribution in [0.1, 0.15) is 53.5 Å². The second kappa shape index (κ2) is 8.37. The van der Waals surface area contributed by atoms with Crippen LogP contribution >= 0.6 is 22.7 Å². The van der Waals surface area contributed by atoms with E-state index in [1.54, 1.807) is 0 Å². The molecule has 0 aromatic carbocycles. The molecule has 2 aromatic heterocycles. The van der Waals surface area contributed by atoms with Gasteiger partial charge in [-0.25, -0.2) is 0 Å². The van der Waals surface area contributed by atoms with Gasteiger partial charge in [-0.1, -0.05) is 31.3 Å². The van der Waals surface area contributed by atoms with Gasteiger partial charge in [-0.05, 0) is 55.5 Å². The van der Waals surface area contributed by atoms with Crippen molar-refractivity contribution in [2.75, 3.05) is 0 Å². The highest BCUT2D eigenvalue weighted by Crippen LogP contribution is 2.39. The summed E-state index contributed by atoms with van der Waals surface area (Å²) in [5, 5.41) is 3.70. The molecule has 0 fully saturated rings. The molecule has 0 aliphatic rings. The minimum Gasteiger partial charge on any atom is -0.139 e. The van der Waals surface area contributed by atoms with E-state index in [-0.39, 0.29) is 0 Å². The van der Waals surface area contributed by atoms with E-state index >= 15 is 0 Å². The van der Waals surface area contributed by atoms with Gasteiger partial charge in [-0.2, -0.15) is 0 Å². The molecule has 0 aliphatic heterocycles. The molecule has 0 aliphatic carbocycles. The lowest BCUT2D eigenvalue weighted by Gasteiger charge is -2.02. The number of azide groups is 1. The van der Waals surface area contributed by atoms with Crippen molar-refractivity contribution in [3.05, 3.63) is 43.5 Å². The van der Waals surface area contributed by atoms with Gasteiger partial charge in [-0.3, -0.25) is 0 Å². The first-order valence-corrected chi connectivity index (χ1v) is 9.48. The molecule has 0 radical (unpaired) electrons. The van der Waals surface area contributed by atoms with Gasteiger partial charge >= 0.3 is 0 Å². The molecule has 0 saturated carbocycles. The first-order valence-electron chi connectivity index (χ1n) is 7.85. The average molecular weight is 334 g/mol. The molecule has 0 amide bonds. The third kappa shape index (κ3) is 4.35. The summed E-state index contributed by atoms with van der Waals surface area (Å²) >= 11 is 3.70. The Bertz CT molecular complexity index is 663. The molecule has 2 heterocycles. The van der Waals surface area contributed by atoms with Crippen LogP contribution in [-0.4, -0.2) is 0 Å². The molecule has 0 saturated heterocycles. The second-order valence-corrected chi connectivity index (χ2v) is 8.12. The van der Waals surface area contributed by atoms with Gasteiger partial charge in [0, 0.05) is 24.4 Å². The zero-order chi connectivity index (χ0) is 15.9. The highest BCUT2D eigenvalue weighted by Gasteiger charge is 2.13. The number of hydrogen-bond donors (Lipinski definition) is 0. The second-order valence-electron chi connectivity index (χ2n) is 5.60. The molecule has 0 N–H and O–H groups in total. The van der Waals surface area contributed by atoms with Crippen LogP contribution in [0.5, 0.6) is 0 Å². The van der Waals surface area contributed by atoms with Crippen LogP contribution in [0.25, 0.3) is 20.2 Å². The largest absolute Gasteiger partial charge is 0.139 e. The number of unbranched alkanes of at least 4 members (excludes halogenated alkanes) is 3. The van der Waals surface area contributed by atoms with Crippen molar-refractivity contribution < 1.29 is 0 Å². The fourth-order valence-corrected chi connectivity index (χ4v) is 4.83. The summed E-state index contributed by atoms with van der Waals surface area (Å²) in [5.74, 6) is 0. The third-order valence-corrected chi connectivity index (χ3v) is 6.15. The smallest absolute Gasteiger partial charge is 0.0521 e. The molecule has 2 rings (SSSR count). The maximum absolute atomic E-state index is 8.49. The predicted octanol–water partition coefficient (Wildman–Crippen LogP) is 7.03. The van der Waals surface area contributed by atoms with Crippen molar-refractivity contribution in [1.82, 2.24) is 0 Å². The Kier molecular flexibility index (Phi) is 6.49. The van der Waals surface area contributed by atoms with Crippen molar-refractivity contribution in [2.45, 2.75) is 59.4 Å². The average Bonchev–Trinajstić information content (AvgIpc) is 3.04. The van der Waals surface area contributed by atoms with Crippen molar-refractivity contribution in [2.24, 2.45) is 5.11 Å². The van der Waals surface area contributed by atoms with E-state index in [1.807, 2.05) is 22.7 Å². The van der Waals surface area contributed by atoms with Crippen molar-refractivity contribution >= 4 is 22.7 Å². The van der Waals surface area contributed by atoms with Crippen molar-refractivity contribution in [3.8, 4) is 9.75 Å². The van der Waals surface area contributed by atoms with E-state index < -0.39 is 0 Å². The van der Waals surface area contributed by atoms with Crippen LogP contribution in [0, 0.1) is 13.8 Å². The fraction of sp³-hybridized carbons (Fsp3) is 0.529. The third-order valence-electron chi connectivity index (χ3n) is 3.78. The summed E-state index contributed by atoms with van der Waals surface area (Å²) in [4.78, 5) is 8.23. The molecule has 0 atom stereocenters. The van der Waals surface area contributed by atoms with Gasteiger partial charge in [0.1, 0.15) is 0 Å². The first-order chi connectivity index (χ1) is 10.7. The number of nitrogens with zero attached hydrogens (tertiary/aromatic N) is 3. The minimum atomic E-state index is 0.453. The standard InChI is InChI=1S/C17H23N3S2/c1-4-5-6-7-8-14-9-12(2)21-17(14)16-10-15(11-19-20-18)13(3)22-16/h9-10H,4-8,11H2,1-3H3. The van der Waals surface area contributed by atoms with Crippen LogP contribution in [0.2, 0.25) is 0 Å². The SMILES string of the molecule is CCCCCCc1cc(C)sc1-c1cc(CN=[N+]=[N-])c(C)s1. The van der Waals surface area contributed by atoms with E-state index in [1.165, 1.54) is 57.2 Å². The number of aryl methyl sites for hydroxylation is 3. The quantitative estimate of drug-likeness (QED) is 0.215. The molecule has 3 nitrogen and oxygen atoms in total. The number of rotatable bonds is 8. The molecule has 0 unspecified atom stereocenters. The number of hydrogen-bond acceptors (Lipinski definition) is 3. The molecule has 118 valence electrons. The Morgan fingerprint density at radius 2 is 1.91 bits per heavy atom. The lowest BCUT2D eigenvalue weighted by atomic mass is 10.1. The lowest BCUT2D eigenvalue weighted by Crippen LogP contribution is -1.85. The summed E-state index contributed by atoms with van der Waals surface area (Å²) in [6, 6.07) is 4.55. The van der Waals surface area contributed by atoms with Gasteiger partial charge in [-0.15, -0.1) is 22.7 Å². The molecular weight excluding hydrogens is 310 g/mol. The maximum atomic E-state index is 8.49. The topological polar surface area (TPSA) is 48.8 Å². The van der Waals surface area contributed by atoms with Gasteiger partial charge in [0.25, 0.3) is 0 Å². The summed E-state index contributed by atoms with van der Waals surface area (Å²) in [6.07, 6.45) is 6.36. The lowest BCUT2D eigenvalue weighted by molar-refractivity contribution is 0.668. The summed E-state index contributed by atoms with van der Waals surface area (Å²) in [6.45, 7) is 7.00. The molecule has 0 spiro atoms. The van der Waals surface area contributed by atoms with E-state index in [0.29, 0.717) is 6.54 Å². The summed E-state index contributed by atoms with van der Waals surface area (Å²) < 4.78 is 0. The normalized spacial score (nSPS) is 10.7. The molecule has 2 aromatic rings. The van der Waals surface area contributed by atoms with Crippen LogP contribution in [-0.2, 0) is 13.0 Å². The highest BCUT2D eigenvalue weighted by molar-refractivity contribution is 7.22. The molecular formula is C17H23N3S2. The Morgan fingerprint density at radius 1 is 1.09 bits per heavy atom. The Morgan fingerprint density at radius 3 is 2.64 bits per heavy atom. The Hall–Kier alpha value is -1.29. The summed E-state index contributed by atoms with van der Waals surface area (Å²) in [7, 11) is 0. The highest BCUT2D eigenvalue weighted by atomic mass is 32.1. The Labute approximate surface area is 140 Å². The van der Waals surface area contributed by atoms with E-state index in [4.69, 9.17) is 5.53 Å². The van der Waals surface area contributed by atoms with Gasteiger partial charge in [0.2, 0.25) is 0 Å². The Balaban J connectivity index is 2.19. The molecule has 5 heteroatoms. The fourth-order valence-electron chi connectivity index (χ4n) is 2.60. The first kappa shape index (κ1) is 17.1. The minimum absolute atomic E-state index is 0.453. The number of thiophene rings is 2. The molecule has 22 heavy (non-hydrogen) atoms. The van der Waals surface area contributed by atoms with E-state index in [0.717, 1.165) is 5.56 Å². The van der Waals surface area contributed by atoms with E-state index in [9.17, 15) is 0 Å². The summed E-state index contributed by atoms with van der Waals surface area (Å²) in [5.41, 5.74) is 11.1. The van der Waals surface area contributed by atoms with Crippen LogP contribution < -0.4 is 0 Å². The zero-order valence-corrected chi connectivity index (χ0v) is 15.2. The van der Waals surface area contributed by atoms with Gasteiger partial charge in [0.15, 0.2) is 0 Å². The van der Waals surface area contributed by atoms with Crippen LogP contribution in [0.4, 0.5) is 0 Å². The predicted molar refractivity (Wildman–Crippen MR) is 97.8 cm³/mol. The van der Waals surface area contributed by atoms with E-state index in [2.05, 4.69) is 42.9 Å². The van der Waals surface area contributed by atoms with Gasteiger partial charge < -0.3 is 0 Å². The van der Waals surface area contributed by atoms with Crippen LogP contribution in [0.15, 0.2) is 17.2 Å². The van der Waals surface area contributed by atoms with Crippen molar-refractivity contribution in [1.29, 1.82) is 0 Å². The monoisotopic (exact) mass is 333 g/mol.